The number of hydrogen-bond acceptors (Lipinski definition) is 14. The Balaban J connectivity index is 0.000000687. The molecule has 1 aromatic carbocycles. The Kier molecular flexibility index (Phi) is 15.5. The van der Waals surface area contributed by atoms with Crippen molar-refractivity contribution in [1.82, 2.24) is 30.7 Å². The molecule has 0 saturated carbocycles. The average Bonchev–Trinajstić information content (AvgIpc) is 3.52. The first-order valence-electron chi connectivity index (χ1n) is 13.0. The standard InChI is InChI=1S/C17H29N9O6S2.2C2HF3O2/c18-8-12(28)9-21-34(31,32)14-4-3-13(26-6-1-2-11(10-26)20-5-7-27)15(16(14)33(19,29)30)17-22-24-25-23-17;2*3-2(4,5)1(6)7/h3-4,11-12,20-21,27-28H,1-2,5-10,18H2,(H2,19,29,30)(H,22,23,24,25);2*(H,6,7)/t11-,12-;;/m1../s1. The molecule has 1 fully saturated rings. The molecule has 19 nitrogen and oxygen atoms in total. The van der Waals surface area contributed by atoms with E-state index in [9.17, 15) is 48.3 Å². The summed E-state index contributed by atoms with van der Waals surface area (Å²) in [6, 6.07) is 2.61. The highest BCUT2D eigenvalue weighted by atomic mass is 32.2. The third-order valence-corrected chi connectivity index (χ3v) is 8.40. The third kappa shape index (κ3) is 13.1. The van der Waals surface area contributed by atoms with Crippen molar-refractivity contribution in [3.05, 3.63) is 12.1 Å². The van der Waals surface area contributed by atoms with Crippen LogP contribution in [0.2, 0.25) is 0 Å². The molecule has 0 bridgehead atoms. The number of alkyl halides is 6. The van der Waals surface area contributed by atoms with Gasteiger partial charge in [-0.05, 0) is 30.2 Å². The van der Waals surface area contributed by atoms with Crippen molar-refractivity contribution in [3.63, 3.8) is 0 Å². The van der Waals surface area contributed by atoms with Gasteiger partial charge < -0.3 is 36.4 Å². The van der Waals surface area contributed by atoms with Crippen LogP contribution >= 0.6 is 0 Å². The topological polar surface area (TPSA) is 317 Å². The molecule has 2 aromatic rings. The first kappa shape index (κ1) is 42.3. The molecule has 0 aliphatic carbocycles. The number of tetrazole rings is 1. The zero-order valence-corrected chi connectivity index (χ0v) is 25.9. The fourth-order valence-corrected chi connectivity index (χ4v) is 6.46. The number of benzene rings is 1. The molecule has 0 unspecified atom stereocenters. The lowest BCUT2D eigenvalue weighted by atomic mass is 10.0. The molecule has 0 amide bonds. The zero-order chi connectivity index (χ0) is 37.1. The second kappa shape index (κ2) is 17.6. The van der Waals surface area contributed by atoms with E-state index in [1.54, 1.807) is 0 Å². The van der Waals surface area contributed by atoms with Crippen LogP contribution in [0.25, 0.3) is 11.4 Å². The summed E-state index contributed by atoms with van der Waals surface area (Å²) in [6.07, 6.45) is -9.73. The van der Waals surface area contributed by atoms with Crippen molar-refractivity contribution in [1.29, 1.82) is 0 Å². The number of aliphatic hydroxyl groups excluding tert-OH is 2. The Bertz CT molecular complexity index is 1550. The van der Waals surface area contributed by atoms with E-state index in [0.29, 0.717) is 25.3 Å². The molecule has 3 rings (SSSR count). The summed E-state index contributed by atoms with van der Waals surface area (Å²) in [7, 11) is -9.04. The number of piperidine rings is 1. The van der Waals surface area contributed by atoms with E-state index in [2.05, 4.69) is 30.7 Å². The van der Waals surface area contributed by atoms with Crippen LogP contribution in [0.15, 0.2) is 21.9 Å². The fourth-order valence-electron chi connectivity index (χ4n) is 3.79. The lowest BCUT2D eigenvalue weighted by Crippen LogP contribution is -2.46. The van der Waals surface area contributed by atoms with E-state index in [1.165, 1.54) is 6.07 Å². The summed E-state index contributed by atoms with van der Waals surface area (Å²) < 4.78 is 117. The number of aromatic amines is 1. The number of rotatable bonds is 11. The lowest BCUT2D eigenvalue weighted by molar-refractivity contribution is -0.193. The molecule has 11 N–H and O–H groups in total. The Morgan fingerprint density at radius 2 is 1.65 bits per heavy atom. The van der Waals surface area contributed by atoms with Gasteiger partial charge in [-0.3, -0.25) is 0 Å². The second-order valence-corrected chi connectivity index (χ2v) is 12.6. The summed E-state index contributed by atoms with van der Waals surface area (Å²) in [4.78, 5) is 18.4. The number of halogens is 6. The maximum Gasteiger partial charge on any atom is 0.490 e. The van der Waals surface area contributed by atoms with Gasteiger partial charge >= 0.3 is 24.3 Å². The van der Waals surface area contributed by atoms with Gasteiger partial charge in [-0.2, -0.15) is 31.6 Å². The molecule has 0 radical (unpaired) electrons. The van der Waals surface area contributed by atoms with Crippen LogP contribution in [-0.4, -0.2) is 134 Å². The molecule has 274 valence electrons. The van der Waals surface area contributed by atoms with E-state index in [1.807, 2.05) is 4.90 Å². The van der Waals surface area contributed by atoms with Crippen LogP contribution in [0.1, 0.15) is 12.8 Å². The summed E-state index contributed by atoms with van der Waals surface area (Å²) in [5, 5.41) is 55.2. The van der Waals surface area contributed by atoms with Crippen molar-refractivity contribution in [2.24, 2.45) is 10.9 Å². The minimum absolute atomic E-state index is 0.0137. The monoisotopic (exact) mass is 747 g/mol. The summed E-state index contributed by atoms with van der Waals surface area (Å²) in [6.45, 7) is 0.764. The van der Waals surface area contributed by atoms with E-state index in [-0.39, 0.29) is 30.6 Å². The number of anilines is 1. The van der Waals surface area contributed by atoms with Crippen molar-refractivity contribution in [2.45, 2.75) is 47.1 Å². The molecular formula is C21H31F6N9O10S2. The Hall–Kier alpha value is -3.73. The van der Waals surface area contributed by atoms with Gasteiger partial charge in [-0.1, -0.05) is 0 Å². The highest BCUT2D eigenvalue weighted by Crippen LogP contribution is 2.39. The quantitative estimate of drug-likeness (QED) is 0.112. The number of nitrogens with two attached hydrogens (primary N) is 2. The van der Waals surface area contributed by atoms with Crippen LogP contribution < -0.4 is 25.8 Å². The number of carboxylic acids is 2. The SMILES string of the molecule is NC[C@@H](O)CNS(=O)(=O)c1ccc(N2CCC[C@@H](NCCO)C2)c(-c2nn[nH]n2)c1S(N)(=O)=O.O=C(O)C(F)(F)F.O=C(O)C(F)(F)F. The van der Waals surface area contributed by atoms with Crippen molar-refractivity contribution in [3.8, 4) is 11.4 Å². The largest absolute Gasteiger partial charge is 0.490 e. The predicted molar refractivity (Wildman–Crippen MR) is 149 cm³/mol. The zero-order valence-electron chi connectivity index (χ0n) is 24.2. The second-order valence-electron chi connectivity index (χ2n) is 9.38. The van der Waals surface area contributed by atoms with Gasteiger partial charge in [0, 0.05) is 44.5 Å². The molecule has 2 atom stereocenters. The number of carboxylic acid groups (broad SMARTS) is 2. The molecule has 2 heterocycles. The molecule has 27 heteroatoms. The normalized spacial score (nSPS) is 16.2. The highest BCUT2D eigenvalue weighted by molar-refractivity contribution is 7.92. The number of aromatic nitrogens is 4. The van der Waals surface area contributed by atoms with Crippen LogP contribution in [-0.2, 0) is 29.6 Å². The minimum atomic E-state index is -5.08. The van der Waals surface area contributed by atoms with Crippen molar-refractivity contribution >= 4 is 37.7 Å². The van der Waals surface area contributed by atoms with E-state index < -0.39 is 66.8 Å². The van der Waals surface area contributed by atoms with Crippen LogP contribution in [0.3, 0.4) is 0 Å². The number of hydrogen-bond donors (Lipinski definition) is 9. The molecule has 0 spiro atoms. The predicted octanol–water partition coefficient (Wildman–Crippen LogP) is -2.07. The Labute approximate surface area is 267 Å². The Morgan fingerprint density at radius 3 is 2.08 bits per heavy atom. The number of nitrogens with zero attached hydrogens (tertiary/aromatic N) is 4. The summed E-state index contributed by atoms with van der Waals surface area (Å²) in [5.74, 6) is -5.66. The summed E-state index contributed by atoms with van der Waals surface area (Å²) >= 11 is 0. The maximum absolute atomic E-state index is 13.0. The smallest absolute Gasteiger partial charge is 0.475 e. The number of sulfonamides is 2. The van der Waals surface area contributed by atoms with Gasteiger partial charge in [-0.15, -0.1) is 10.2 Å². The molecule has 1 aromatic heterocycles. The van der Waals surface area contributed by atoms with Gasteiger partial charge in [0.2, 0.25) is 25.9 Å². The first-order valence-corrected chi connectivity index (χ1v) is 16.0. The van der Waals surface area contributed by atoms with Crippen molar-refractivity contribution < 1.29 is 73.2 Å². The van der Waals surface area contributed by atoms with Gasteiger partial charge in [0.1, 0.15) is 9.79 Å². The fraction of sp³-hybridized carbons (Fsp3) is 0.571. The van der Waals surface area contributed by atoms with E-state index in [0.717, 1.165) is 18.9 Å². The molecular weight excluding hydrogens is 716 g/mol. The first-order chi connectivity index (χ1) is 22.0. The van der Waals surface area contributed by atoms with Crippen LogP contribution in [0.5, 0.6) is 0 Å². The molecule has 1 saturated heterocycles. The summed E-state index contributed by atoms with van der Waals surface area (Å²) in [5.41, 5.74) is 5.57. The highest BCUT2D eigenvalue weighted by Gasteiger charge is 2.39. The van der Waals surface area contributed by atoms with Gasteiger partial charge in [-0.25, -0.2) is 36.3 Å². The van der Waals surface area contributed by atoms with Crippen LogP contribution in [0, 0.1) is 0 Å². The number of nitrogens with one attached hydrogen (secondary N) is 3. The Morgan fingerprint density at radius 1 is 1.08 bits per heavy atom. The minimum Gasteiger partial charge on any atom is -0.475 e. The number of primary sulfonamides is 1. The van der Waals surface area contributed by atoms with Gasteiger partial charge in [0.15, 0.2) is 0 Å². The molecule has 48 heavy (non-hydrogen) atoms. The molecule has 1 aliphatic heterocycles. The average molecular weight is 748 g/mol. The maximum atomic E-state index is 13.0. The van der Waals surface area contributed by atoms with E-state index in [4.69, 9.17) is 35.8 Å². The van der Waals surface area contributed by atoms with E-state index >= 15 is 0 Å². The van der Waals surface area contributed by atoms with Gasteiger partial charge in [0.25, 0.3) is 0 Å². The lowest BCUT2D eigenvalue weighted by Gasteiger charge is -2.36. The number of carbonyl (C=O) groups is 2. The number of aliphatic hydroxyl groups is 2. The number of H-pyrrole nitrogens is 1. The third-order valence-electron chi connectivity index (χ3n) is 5.82. The van der Waals surface area contributed by atoms with Gasteiger partial charge in [0.05, 0.1) is 18.3 Å². The van der Waals surface area contributed by atoms with Crippen LogP contribution in [0.4, 0.5) is 32.0 Å². The molecule has 1 aliphatic rings. The number of aliphatic carboxylic acids is 2. The van der Waals surface area contributed by atoms with Crippen molar-refractivity contribution in [2.75, 3.05) is 44.2 Å².